The smallest absolute Gasteiger partial charge is 0.170 e. The third-order valence-corrected chi connectivity index (χ3v) is 7.49. The molecule has 2 heterocycles. The second kappa shape index (κ2) is 9.19. The summed E-state index contributed by atoms with van der Waals surface area (Å²) >= 11 is 4.10. The SMILES string of the molecule is COc1ccc(C(=O)[C@H]2CCCN(C3CSCCSC3)C2)c(OC)c1. The second-order valence-electron chi connectivity index (χ2n) is 6.57. The van der Waals surface area contributed by atoms with Crippen molar-refractivity contribution in [3.63, 3.8) is 0 Å². The van der Waals surface area contributed by atoms with Crippen molar-refractivity contribution in [1.29, 1.82) is 0 Å². The summed E-state index contributed by atoms with van der Waals surface area (Å²) in [5, 5.41) is 0. The zero-order valence-electron chi connectivity index (χ0n) is 15.0. The van der Waals surface area contributed by atoms with Gasteiger partial charge in [-0.05, 0) is 31.5 Å². The van der Waals surface area contributed by atoms with Crippen LogP contribution in [0.15, 0.2) is 18.2 Å². The highest BCUT2D eigenvalue weighted by Gasteiger charge is 2.32. The molecule has 6 heteroatoms. The van der Waals surface area contributed by atoms with Gasteiger partial charge in [0.2, 0.25) is 0 Å². The maximum atomic E-state index is 13.1. The Morgan fingerprint density at radius 1 is 1.16 bits per heavy atom. The Morgan fingerprint density at radius 2 is 1.92 bits per heavy atom. The molecule has 0 aromatic heterocycles. The molecule has 0 N–H and O–H groups in total. The number of methoxy groups -OCH3 is 2. The molecule has 4 nitrogen and oxygen atoms in total. The lowest BCUT2D eigenvalue weighted by Gasteiger charge is -2.37. The number of carbonyl (C=O) groups is 1. The fraction of sp³-hybridized carbons (Fsp3) is 0.632. The fourth-order valence-corrected chi connectivity index (χ4v) is 6.22. The molecule has 25 heavy (non-hydrogen) atoms. The summed E-state index contributed by atoms with van der Waals surface area (Å²) in [6.45, 7) is 2.00. The van der Waals surface area contributed by atoms with E-state index in [9.17, 15) is 4.79 Å². The van der Waals surface area contributed by atoms with Crippen LogP contribution in [0, 0.1) is 5.92 Å². The topological polar surface area (TPSA) is 38.8 Å². The Hall–Kier alpha value is -0.850. The zero-order valence-corrected chi connectivity index (χ0v) is 16.7. The molecule has 2 aliphatic rings. The molecule has 138 valence electrons. The Labute approximate surface area is 159 Å². The molecule has 1 aromatic rings. The van der Waals surface area contributed by atoms with Gasteiger partial charge in [0.1, 0.15) is 11.5 Å². The maximum absolute atomic E-state index is 13.1. The average Bonchev–Trinajstić information content (AvgIpc) is 2.96. The highest BCUT2D eigenvalue weighted by molar-refractivity contribution is 8.03. The second-order valence-corrected chi connectivity index (χ2v) is 8.87. The Balaban J connectivity index is 1.71. The van der Waals surface area contributed by atoms with Crippen LogP contribution >= 0.6 is 23.5 Å². The van der Waals surface area contributed by atoms with E-state index < -0.39 is 0 Å². The molecule has 0 unspecified atom stereocenters. The fourth-order valence-electron chi connectivity index (χ4n) is 3.59. The van der Waals surface area contributed by atoms with E-state index in [0.717, 1.165) is 25.9 Å². The van der Waals surface area contributed by atoms with Gasteiger partial charge in [-0.25, -0.2) is 0 Å². The van der Waals surface area contributed by atoms with Crippen LogP contribution in [0.2, 0.25) is 0 Å². The Morgan fingerprint density at radius 3 is 2.60 bits per heavy atom. The highest BCUT2D eigenvalue weighted by Crippen LogP contribution is 2.31. The molecule has 0 amide bonds. The minimum Gasteiger partial charge on any atom is -0.497 e. The van der Waals surface area contributed by atoms with Crippen molar-refractivity contribution >= 4 is 29.3 Å². The summed E-state index contributed by atoms with van der Waals surface area (Å²) < 4.78 is 10.7. The molecule has 0 aliphatic carbocycles. The van der Waals surface area contributed by atoms with Crippen LogP contribution in [0.1, 0.15) is 23.2 Å². The van der Waals surface area contributed by atoms with Crippen LogP contribution in [0.25, 0.3) is 0 Å². The van der Waals surface area contributed by atoms with Crippen molar-refractivity contribution in [2.45, 2.75) is 18.9 Å². The molecular formula is C19H27NO3S2. The number of rotatable bonds is 5. The monoisotopic (exact) mass is 381 g/mol. The van der Waals surface area contributed by atoms with Crippen LogP contribution in [-0.4, -0.2) is 67.0 Å². The van der Waals surface area contributed by atoms with E-state index in [4.69, 9.17) is 9.47 Å². The van der Waals surface area contributed by atoms with E-state index in [1.807, 2.05) is 12.1 Å². The van der Waals surface area contributed by atoms with Crippen molar-refractivity contribution in [3.8, 4) is 11.5 Å². The van der Waals surface area contributed by atoms with E-state index in [-0.39, 0.29) is 11.7 Å². The van der Waals surface area contributed by atoms with Crippen molar-refractivity contribution in [3.05, 3.63) is 23.8 Å². The van der Waals surface area contributed by atoms with Gasteiger partial charge in [0.15, 0.2) is 5.78 Å². The number of hydrogen-bond acceptors (Lipinski definition) is 6. The predicted molar refractivity (Wildman–Crippen MR) is 107 cm³/mol. The summed E-state index contributed by atoms with van der Waals surface area (Å²) in [6, 6.07) is 6.09. The highest BCUT2D eigenvalue weighted by atomic mass is 32.2. The standard InChI is InChI=1S/C19H27NO3S2/c1-22-16-5-6-17(18(10-16)23-2)19(21)14-4-3-7-20(11-14)15-12-24-8-9-25-13-15/h5-6,10,14-15H,3-4,7-9,11-13H2,1-2H3/t14-/m0/s1. The summed E-state index contributed by atoms with van der Waals surface area (Å²) in [5.74, 6) is 6.49. The molecule has 0 bridgehead atoms. The van der Waals surface area contributed by atoms with Crippen molar-refractivity contribution < 1.29 is 14.3 Å². The molecule has 0 spiro atoms. The van der Waals surface area contributed by atoms with Gasteiger partial charge in [-0.15, -0.1) is 0 Å². The average molecular weight is 382 g/mol. The van der Waals surface area contributed by atoms with Crippen LogP contribution < -0.4 is 9.47 Å². The van der Waals surface area contributed by atoms with Crippen molar-refractivity contribution in [1.82, 2.24) is 4.90 Å². The molecule has 3 rings (SSSR count). The molecule has 2 fully saturated rings. The van der Waals surface area contributed by atoms with Gasteiger partial charge in [-0.2, -0.15) is 23.5 Å². The normalized spacial score (nSPS) is 23.0. The number of hydrogen-bond donors (Lipinski definition) is 0. The first-order valence-electron chi connectivity index (χ1n) is 8.88. The van der Waals surface area contributed by atoms with E-state index in [0.29, 0.717) is 23.1 Å². The van der Waals surface area contributed by atoms with Crippen LogP contribution in [0.3, 0.4) is 0 Å². The molecule has 2 aliphatic heterocycles. The van der Waals surface area contributed by atoms with Gasteiger partial charge in [-0.3, -0.25) is 9.69 Å². The lowest BCUT2D eigenvalue weighted by atomic mass is 9.89. The van der Waals surface area contributed by atoms with Crippen LogP contribution in [0.5, 0.6) is 11.5 Å². The van der Waals surface area contributed by atoms with E-state index in [1.54, 1.807) is 20.3 Å². The number of benzene rings is 1. The lowest BCUT2D eigenvalue weighted by molar-refractivity contribution is 0.0784. The summed E-state index contributed by atoms with van der Waals surface area (Å²) in [5.41, 5.74) is 0.680. The molecule has 2 saturated heterocycles. The number of carbonyl (C=O) groups excluding carboxylic acids is 1. The predicted octanol–water partition coefficient (Wildman–Crippen LogP) is 3.45. The molecule has 1 atom stereocenters. The quantitative estimate of drug-likeness (QED) is 0.728. The van der Waals surface area contributed by atoms with Gasteiger partial charge in [0.05, 0.1) is 19.8 Å². The molecule has 0 saturated carbocycles. The molecule has 1 aromatic carbocycles. The Bertz CT molecular complexity index is 588. The first kappa shape index (κ1) is 18.9. The number of ether oxygens (including phenoxy) is 2. The zero-order chi connectivity index (χ0) is 17.6. The number of ketones is 1. The number of nitrogens with zero attached hydrogens (tertiary/aromatic N) is 1. The van der Waals surface area contributed by atoms with Gasteiger partial charge in [-0.1, -0.05) is 0 Å². The third-order valence-electron chi connectivity index (χ3n) is 5.01. The third kappa shape index (κ3) is 4.66. The first-order valence-corrected chi connectivity index (χ1v) is 11.2. The summed E-state index contributed by atoms with van der Waals surface area (Å²) in [4.78, 5) is 15.7. The van der Waals surface area contributed by atoms with E-state index in [1.165, 1.54) is 23.0 Å². The van der Waals surface area contributed by atoms with Gasteiger partial charge >= 0.3 is 0 Å². The largest absolute Gasteiger partial charge is 0.497 e. The van der Waals surface area contributed by atoms with E-state index >= 15 is 0 Å². The maximum Gasteiger partial charge on any atom is 0.170 e. The minimum atomic E-state index is 0.0642. The number of thioether (sulfide) groups is 2. The summed E-state index contributed by atoms with van der Waals surface area (Å²) in [7, 11) is 3.23. The Kier molecular flexibility index (Phi) is 6.96. The van der Waals surface area contributed by atoms with Crippen LogP contribution in [-0.2, 0) is 0 Å². The van der Waals surface area contributed by atoms with Crippen LogP contribution in [0.4, 0.5) is 0 Å². The first-order chi connectivity index (χ1) is 12.2. The van der Waals surface area contributed by atoms with Crippen molar-refractivity contribution in [2.75, 3.05) is 50.3 Å². The minimum absolute atomic E-state index is 0.0642. The van der Waals surface area contributed by atoms with Gasteiger partial charge in [0.25, 0.3) is 0 Å². The number of piperidine rings is 1. The van der Waals surface area contributed by atoms with Gasteiger partial charge in [0, 0.05) is 47.6 Å². The number of Topliss-reactive ketones (excluding diaryl/α,β-unsaturated/α-hetero) is 1. The van der Waals surface area contributed by atoms with Crippen molar-refractivity contribution in [2.24, 2.45) is 5.92 Å². The number of likely N-dealkylation sites (tertiary alicyclic amines) is 1. The lowest BCUT2D eigenvalue weighted by Crippen LogP contribution is -2.46. The molecular weight excluding hydrogens is 354 g/mol. The summed E-state index contributed by atoms with van der Waals surface area (Å²) in [6.07, 6.45) is 2.07. The van der Waals surface area contributed by atoms with Gasteiger partial charge < -0.3 is 9.47 Å². The van der Waals surface area contributed by atoms with E-state index in [2.05, 4.69) is 28.4 Å². The molecule has 0 radical (unpaired) electrons.